The Morgan fingerprint density at radius 1 is 1.00 bits per heavy atom. The standard InChI is InChI=1S/C23H28N4O2/c1-3-10-19(26-23(29)17-11-6-5-7-12-17)22-25-18-13-8-9-14-20(18)27(22)16-21(28)24-15-4-2/h5-9,11-14,19H,3-4,10,15-16H2,1-2H3,(H,24,28)(H,26,29)/t19-/m1/s1. The van der Waals surface area contributed by atoms with Crippen molar-refractivity contribution in [2.45, 2.75) is 45.7 Å². The fourth-order valence-corrected chi connectivity index (χ4v) is 3.38. The lowest BCUT2D eigenvalue weighted by Crippen LogP contribution is -2.33. The third-order valence-corrected chi connectivity index (χ3v) is 4.79. The van der Waals surface area contributed by atoms with E-state index in [1.54, 1.807) is 12.1 Å². The van der Waals surface area contributed by atoms with Crippen molar-refractivity contribution in [2.75, 3.05) is 6.54 Å². The maximum absolute atomic E-state index is 12.8. The Kier molecular flexibility index (Phi) is 7.00. The van der Waals surface area contributed by atoms with E-state index in [0.717, 1.165) is 30.3 Å². The van der Waals surface area contributed by atoms with Crippen molar-refractivity contribution in [2.24, 2.45) is 0 Å². The predicted molar refractivity (Wildman–Crippen MR) is 115 cm³/mol. The summed E-state index contributed by atoms with van der Waals surface area (Å²) in [7, 11) is 0. The number of nitrogens with one attached hydrogen (secondary N) is 2. The highest BCUT2D eigenvalue weighted by Gasteiger charge is 2.23. The zero-order chi connectivity index (χ0) is 20.6. The van der Waals surface area contributed by atoms with Crippen molar-refractivity contribution >= 4 is 22.8 Å². The molecule has 3 rings (SSSR count). The molecule has 3 aromatic rings. The number of aromatic nitrogens is 2. The van der Waals surface area contributed by atoms with E-state index >= 15 is 0 Å². The van der Waals surface area contributed by atoms with Gasteiger partial charge in [-0.3, -0.25) is 9.59 Å². The normalized spacial score (nSPS) is 11.9. The number of nitrogens with zero attached hydrogens (tertiary/aromatic N) is 2. The molecule has 1 atom stereocenters. The van der Waals surface area contributed by atoms with E-state index in [0.29, 0.717) is 17.9 Å². The first-order valence-corrected chi connectivity index (χ1v) is 10.2. The molecule has 1 aromatic heterocycles. The van der Waals surface area contributed by atoms with Crippen LogP contribution in [-0.2, 0) is 11.3 Å². The van der Waals surface area contributed by atoms with Gasteiger partial charge in [-0.15, -0.1) is 0 Å². The van der Waals surface area contributed by atoms with Crippen LogP contribution in [0.25, 0.3) is 11.0 Å². The highest BCUT2D eigenvalue weighted by Crippen LogP contribution is 2.24. The van der Waals surface area contributed by atoms with E-state index < -0.39 is 0 Å². The van der Waals surface area contributed by atoms with Gasteiger partial charge in [0.2, 0.25) is 5.91 Å². The highest BCUT2D eigenvalue weighted by molar-refractivity contribution is 5.94. The number of carbonyl (C=O) groups excluding carboxylic acids is 2. The van der Waals surface area contributed by atoms with Crippen LogP contribution in [-0.4, -0.2) is 27.9 Å². The molecule has 0 fully saturated rings. The molecule has 0 radical (unpaired) electrons. The summed E-state index contributed by atoms with van der Waals surface area (Å²) in [6.07, 6.45) is 2.50. The second-order valence-electron chi connectivity index (χ2n) is 7.08. The molecule has 0 bridgehead atoms. The number of carbonyl (C=O) groups is 2. The molecular weight excluding hydrogens is 364 g/mol. The molecule has 0 saturated carbocycles. The molecule has 0 spiro atoms. The molecule has 6 nitrogen and oxygen atoms in total. The average Bonchev–Trinajstić information content (AvgIpc) is 3.11. The third-order valence-electron chi connectivity index (χ3n) is 4.79. The third kappa shape index (κ3) is 5.02. The van der Waals surface area contributed by atoms with E-state index in [1.807, 2.05) is 54.0 Å². The quantitative estimate of drug-likeness (QED) is 0.581. The van der Waals surface area contributed by atoms with Crippen LogP contribution >= 0.6 is 0 Å². The van der Waals surface area contributed by atoms with Crippen LogP contribution in [0, 0.1) is 0 Å². The zero-order valence-electron chi connectivity index (χ0n) is 17.0. The van der Waals surface area contributed by atoms with E-state index in [-0.39, 0.29) is 24.4 Å². The molecule has 0 unspecified atom stereocenters. The molecule has 0 aliphatic rings. The van der Waals surface area contributed by atoms with Gasteiger partial charge in [0.25, 0.3) is 5.91 Å². The summed E-state index contributed by atoms with van der Waals surface area (Å²) in [4.78, 5) is 30.0. The first-order chi connectivity index (χ1) is 14.1. The molecule has 2 amide bonds. The molecule has 0 aliphatic carbocycles. The van der Waals surface area contributed by atoms with Gasteiger partial charge in [0.15, 0.2) is 0 Å². The number of rotatable bonds is 9. The summed E-state index contributed by atoms with van der Waals surface area (Å²) in [5.74, 6) is 0.517. The summed E-state index contributed by atoms with van der Waals surface area (Å²) in [6, 6.07) is 16.6. The van der Waals surface area contributed by atoms with Crippen LogP contribution in [0.15, 0.2) is 54.6 Å². The van der Waals surface area contributed by atoms with Crippen LogP contribution in [0.1, 0.15) is 55.3 Å². The lowest BCUT2D eigenvalue weighted by molar-refractivity contribution is -0.121. The molecule has 6 heteroatoms. The Balaban J connectivity index is 1.94. The van der Waals surface area contributed by atoms with E-state index in [4.69, 9.17) is 4.98 Å². The van der Waals surface area contributed by atoms with Crippen LogP contribution < -0.4 is 10.6 Å². The molecular formula is C23H28N4O2. The number of para-hydroxylation sites is 2. The van der Waals surface area contributed by atoms with Gasteiger partial charge in [-0.2, -0.15) is 0 Å². The monoisotopic (exact) mass is 392 g/mol. The van der Waals surface area contributed by atoms with Gasteiger partial charge in [0.05, 0.1) is 17.1 Å². The molecule has 0 saturated heterocycles. The van der Waals surface area contributed by atoms with Gasteiger partial charge in [0.1, 0.15) is 12.4 Å². The SMILES string of the molecule is CCCNC(=O)Cn1c([C@@H](CCC)NC(=O)c2ccccc2)nc2ccccc21. The minimum absolute atomic E-state index is 0.0547. The Labute approximate surface area is 171 Å². The van der Waals surface area contributed by atoms with E-state index in [2.05, 4.69) is 17.6 Å². The van der Waals surface area contributed by atoms with Crippen molar-refractivity contribution in [3.63, 3.8) is 0 Å². The minimum Gasteiger partial charge on any atom is -0.355 e. The number of hydrogen-bond acceptors (Lipinski definition) is 3. The van der Waals surface area contributed by atoms with Gasteiger partial charge in [-0.1, -0.05) is 50.6 Å². The summed E-state index contributed by atoms with van der Waals surface area (Å²) in [5.41, 5.74) is 2.32. The van der Waals surface area contributed by atoms with Crippen LogP contribution in [0.3, 0.4) is 0 Å². The molecule has 1 heterocycles. The van der Waals surface area contributed by atoms with Gasteiger partial charge in [0, 0.05) is 12.1 Å². The second kappa shape index (κ2) is 9.87. The summed E-state index contributed by atoms with van der Waals surface area (Å²) in [6.45, 7) is 4.92. The molecule has 152 valence electrons. The van der Waals surface area contributed by atoms with Crippen molar-refractivity contribution in [3.05, 3.63) is 66.0 Å². The fraction of sp³-hybridized carbons (Fsp3) is 0.348. The van der Waals surface area contributed by atoms with Crippen molar-refractivity contribution in [1.29, 1.82) is 0 Å². The van der Waals surface area contributed by atoms with Crippen molar-refractivity contribution in [1.82, 2.24) is 20.2 Å². The number of benzene rings is 2. The highest BCUT2D eigenvalue weighted by atomic mass is 16.2. The maximum Gasteiger partial charge on any atom is 0.251 e. The lowest BCUT2D eigenvalue weighted by atomic mass is 10.1. The summed E-state index contributed by atoms with van der Waals surface area (Å²) in [5, 5.41) is 6.04. The molecule has 29 heavy (non-hydrogen) atoms. The number of amides is 2. The van der Waals surface area contributed by atoms with Gasteiger partial charge in [-0.05, 0) is 37.1 Å². The Bertz CT molecular complexity index is 965. The predicted octanol–water partition coefficient (Wildman–Crippen LogP) is 3.83. The van der Waals surface area contributed by atoms with Crippen molar-refractivity contribution < 1.29 is 9.59 Å². The van der Waals surface area contributed by atoms with Gasteiger partial charge >= 0.3 is 0 Å². The van der Waals surface area contributed by atoms with Crippen LogP contribution in [0.5, 0.6) is 0 Å². The maximum atomic E-state index is 12.8. The molecule has 2 aromatic carbocycles. The average molecular weight is 393 g/mol. The topological polar surface area (TPSA) is 76.0 Å². The first-order valence-electron chi connectivity index (χ1n) is 10.2. The van der Waals surface area contributed by atoms with Crippen molar-refractivity contribution in [3.8, 4) is 0 Å². The molecule has 0 aliphatic heterocycles. The number of fused-ring (bicyclic) bond motifs is 1. The smallest absolute Gasteiger partial charge is 0.251 e. The minimum atomic E-state index is -0.279. The van der Waals surface area contributed by atoms with E-state index in [9.17, 15) is 9.59 Å². The Hall–Kier alpha value is -3.15. The van der Waals surface area contributed by atoms with Crippen LogP contribution in [0.2, 0.25) is 0 Å². The number of hydrogen-bond donors (Lipinski definition) is 2. The zero-order valence-corrected chi connectivity index (χ0v) is 17.0. The Morgan fingerprint density at radius 2 is 1.72 bits per heavy atom. The Morgan fingerprint density at radius 3 is 2.45 bits per heavy atom. The van der Waals surface area contributed by atoms with E-state index in [1.165, 1.54) is 0 Å². The fourth-order valence-electron chi connectivity index (χ4n) is 3.38. The largest absolute Gasteiger partial charge is 0.355 e. The first kappa shape index (κ1) is 20.6. The van der Waals surface area contributed by atoms with Gasteiger partial charge < -0.3 is 15.2 Å². The summed E-state index contributed by atoms with van der Waals surface area (Å²) < 4.78 is 1.92. The van der Waals surface area contributed by atoms with Crippen LogP contribution in [0.4, 0.5) is 0 Å². The number of imidazole rings is 1. The molecule has 2 N–H and O–H groups in total. The van der Waals surface area contributed by atoms with Gasteiger partial charge in [-0.25, -0.2) is 4.98 Å². The summed E-state index contributed by atoms with van der Waals surface area (Å²) >= 11 is 0. The lowest BCUT2D eigenvalue weighted by Gasteiger charge is -2.20. The second-order valence-corrected chi connectivity index (χ2v) is 7.08.